The van der Waals surface area contributed by atoms with Gasteiger partial charge in [-0.1, -0.05) is 32.6 Å². The van der Waals surface area contributed by atoms with Gasteiger partial charge in [-0.15, -0.1) is 11.6 Å². The number of benzene rings is 1. The topological polar surface area (TPSA) is 20.2 Å². The van der Waals surface area contributed by atoms with Gasteiger partial charge in [-0.05, 0) is 23.6 Å². The molecule has 1 nitrogen and oxygen atoms in total. The standard InChI is InChI=1S/C13H15ClO/c1-13(2,3)11-9-10(5-4-8-14)6-7-12(11)15/h6-7,9,15H,8H2,1-3H3. The number of halogens is 1. The molecular formula is C13H15ClO. The number of rotatable bonds is 0. The Balaban J connectivity index is 3.17. The second-order valence-electron chi connectivity index (χ2n) is 4.42. The Labute approximate surface area is 96.1 Å². The Morgan fingerprint density at radius 2 is 2.00 bits per heavy atom. The lowest BCUT2D eigenvalue weighted by Crippen LogP contribution is -2.11. The molecule has 1 rings (SSSR count). The van der Waals surface area contributed by atoms with Crippen molar-refractivity contribution >= 4 is 11.6 Å². The summed E-state index contributed by atoms with van der Waals surface area (Å²) in [4.78, 5) is 0. The van der Waals surface area contributed by atoms with Gasteiger partial charge >= 0.3 is 0 Å². The van der Waals surface area contributed by atoms with E-state index in [9.17, 15) is 5.11 Å². The second kappa shape index (κ2) is 4.59. The smallest absolute Gasteiger partial charge is 0.119 e. The van der Waals surface area contributed by atoms with Crippen molar-refractivity contribution in [3.05, 3.63) is 29.3 Å². The zero-order chi connectivity index (χ0) is 11.5. The van der Waals surface area contributed by atoms with Crippen LogP contribution in [-0.4, -0.2) is 11.0 Å². The molecule has 0 aromatic heterocycles. The Bertz CT molecular complexity index is 405. The summed E-state index contributed by atoms with van der Waals surface area (Å²) < 4.78 is 0. The normalized spacial score (nSPS) is 10.7. The first-order chi connectivity index (χ1) is 6.95. The quantitative estimate of drug-likeness (QED) is 0.528. The van der Waals surface area contributed by atoms with Crippen LogP contribution in [0.15, 0.2) is 18.2 Å². The van der Waals surface area contributed by atoms with E-state index in [-0.39, 0.29) is 5.41 Å². The maximum absolute atomic E-state index is 9.72. The van der Waals surface area contributed by atoms with Crippen molar-refractivity contribution in [1.29, 1.82) is 0 Å². The Kier molecular flexibility index (Phi) is 3.66. The molecule has 0 unspecified atom stereocenters. The third kappa shape index (κ3) is 3.18. The van der Waals surface area contributed by atoms with E-state index in [1.165, 1.54) is 0 Å². The van der Waals surface area contributed by atoms with E-state index in [0.717, 1.165) is 11.1 Å². The molecule has 0 saturated heterocycles. The van der Waals surface area contributed by atoms with Crippen LogP contribution in [0.4, 0.5) is 0 Å². The molecule has 1 aromatic rings. The van der Waals surface area contributed by atoms with Gasteiger partial charge in [0.1, 0.15) is 5.75 Å². The fraction of sp³-hybridized carbons (Fsp3) is 0.385. The summed E-state index contributed by atoms with van der Waals surface area (Å²) in [5.74, 6) is 6.38. The van der Waals surface area contributed by atoms with Crippen LogP contribution in [0, 0.1) is 11.8 Å². The zero-order valence-electron chi connectivity index (χ0n) is 9.26. The number of phenolic OH excluding ortho intramolecular Hbond substituents is 1. The SMILES string of the molecule is CC(C)(C)c1cc(C#CCCl)ccc1O. The van der Waals surface area contributed by atoms with Crippen LogP contribution in [0.25, 0.3) is 0 Å². The molecule has 0 fully saturated rings. The lowest BCUT2D eigenvalue weighted by atomic mass is 9.85. The lowest BCUT2D eigenvalue weighted by Gasteiger charge is -2.20. The minimum Gasteiger partial charge on any atom is -0.508 e. The number of alkyl halides is 1. The number of hydrogen-bond acceptors (Lipinski definition) is 1. The average molecular weight is 223 g/mol. The fourth-order valence-corrected chi connectivity index (χ4v) is 1.42. The second-order valence-corrected chi connectivity index (χ2v) is 4.68. The minimum atomic E-state index is -0.0806. The first kappa shape index (κ1) is 11.9. The van der Waals surface area contributed by atoms with Crippen LogP contribution < -0.4 is 0 Å². The zero-order valence-corrected chi connectivity index (χ0v) is 10.0. The van der Waals surface area contributed by atoms with Gasteiger partial charge in [0.25, 0.3) is 0 Å². The van der Waals surface area contributed by atoms with Crippen LogP contribution in [0.3, 0.4) is 0 Å². The highest BCUT2D eigenvalue weighted by Crippen LogP contribution is 2.30. The van der Waals surface area contributed by atoms with Crippen LogP contribution in [0.5, 0.6) is 5.75 Å². The van der Waals surface area contributed by atoms with Crippen molar-refractivity contribution in [2.24, 2.45) is 0 Å². The molecule has 0 spiro atoms. The molecule has 0 aliphatic heterocycles. The molecule has 0 aliphatic carbocycles. The van der Waals surface area contributed by atoms with Crippen molar-refractivity contribution in [2.45, 2.75) is 26.2 Å². The maximum Gasteiger partial charge on any atom is 0.119 e. The van der Waals surface area contributed by atoms with E-state index in [1.807, 2.05) is 6.07 Å². The van der Waals surface area contributed by atoms with Gasteiger partial charge in [-0.25, -0.2) is 0 Å². The van der Waals surface area contributed by atoms with Gasteiger partial charge in [0.15, 0.2) is 0 Å². The molecule has 0 amide bonds. The first-order valence-corrected chi connectivity index (χ1v) is 5.37. The monoisotopic (exact) mass is 222 g/mol. The predicted molar refractivity (Wildman–Crippen MR) is 64.4 cm³/mol. The molecule has 0 aliphatic rings. The molecule has 0 saturated carbocycles. The number of aromatic hydroxyl groups is 1. The van der Waals surface area contributed by atoms with Gasteiger partial charge in [0.05, 0.1) is 5.88 Å². The van der Waals surface area contributed by atoms with Crippen molar-refractivity contribution < 1.29 is 5.11 Å². The van der Waals surface area contributed by atoms with Crippen molar-refractivity contribution in [3.63, 3.8) is 0 Å². The third-order valence-corrected chi connectivity index (χ3v) is 2.24. The first-order valence-electron chi connectivity index (χ1n) is 4.83. The van der Waals surface area contributed by atoms with E-state index in [2.05, 4.69) is 32.6 Å². The molecule has 80 valence electrons. The van der Waals surface area contributed by atoms with Crippen molar-refractivity contribution in [2.75, 3.05) is 5.88 Å². The molecule has 2 heteroatoms. The Morgan fingerprint density at radius 3 is 2.53 bits per heavy atom. The summed E-state index contributed by atoms with van der Waals surface area (Å²) in [5.41, 5.74) is 1.71. The van der Waals surface area contributed by atoms with Gasteiger partial charge < -0.3 is 5.11 Å². The maximum atomic E-state index is 9.72. The minimum absolute atomic E-state index is 0.0806. The van der Waals surface area contributed by atoms with E-state index in [1.54, 1.807) is 12.1 Å². The molecule has 0 bridgehead atoms. The molecule has 0 heterocycles. The molecule has 15 heavy (non-hydrogen) atoms. The predicted octanol–water partition coefficient (Wildman–Crippen LogP) is 3.28. The summed E-state index contributed by atoms with van der Waals surface area (Å²) >= 11 is 5.49. The van der Waals surface area contributed by atoms with E-state index < -0.39 is 0 Å². The molecule has 0 radical (unpaired) electrons. The summed E-state index contributed by atoms with van der Waals surface area (Å²) in [6, 6.07) is 5.39. The van der Waals surface area contributed by atoms with Gasteiger partial charge in [0, 0.05) is 11.1 Å². The summed E-state index contributed by atoms with van der Waals surface area (Å²) in [5, 5.41) is 9.72. The Morgan fingerprint density at radius 1 is 1.33 bits per heavy atom. The van der Waals surface area contributed by atoms with E-state index >= 15 is 0 Å². The largest absolute Gasteiger partial charge is 0.508 e. The summed E-state index contributed by atoms with van der Waals surface area (Å²) in [6.07, 6.45) is 0. The highest BCUT2D eigenvalue weighted by Gasteiger charge is 2.17. The van der Waals surface area contributed by atoms with Crippen molar-refractivity contribution in [1.82, 2.24) is 0 Å². The third-order valence-electron chi connectivity index (χ3n) is 2.10. The molecule has 1 N–H and O–H groups in total. The average Bonchev–Trinajstić information content (AvgIpc) is 2.15. The highest BCUT2D eigenvalue weighted by atomic mass is 35.5. The number of phenols is 1. The molecular weight excluding hydrogens is 208 g/mol. The van der Waals surface area contributed by atoms with Crippen LogP contribution in [0.2, 0.25) is 0 Å². The highest BCUT2D eigenvalue weighted by molar-refractivity contribution is 6.19. The fourth-order valence-electron chi connectivity index (χ4n) is 1.35. The van der Waals surface area contributed by atoms with E-state index in [4.69, 9.17) is 11.6 Å². The van der Waals surface area contributed by atoms with Gasteiger partial charge in [0.2, 0.25) is 0 Å². The summed E-state index contributed by atoms with van der Waals surface area (Å²) in [6.45, 7) is 6.17. The number of hydrogen-bond donors (Lipinski definition) is 1. The lowest BCUT2D eigenvalue weighted by molar-refractivity contribution is 0.446. The Hall–Kier alpha value is -1.13. The van der Waals surface area contributed by atoms with Gasteiger partial charge in [-0.2, -0.15) is 0 Å². The van der Waals surface area contributed by atoms with Crippen LogP contribution >= 0.6 is 11.6 Å². The van der Waals surface area contributed by atoms with Crippen LogP contribution in [0.1, 0.15) is 31.9 Å². The molecule has 0 atom stereocenters. The molecule has 1 aromatic carbocycles. The summed E-state index contributed by atoms with van der Waals surface area (Å²) in [7, 11) is 0. The van der Waals surface area contributed by atoms with Crippen LogP contribution in [-0.2, 0) is 5.41 Å². The van der Waals surface area contributed by atoms with Crippen molar-refractivity contribution in [3.8, 4) is 17.6 Å². The van der Waals surface area contributed by atoms with E-state index in [0.29, 0.717) is 11.6 Å². The van der Waals surface area contributed by atoms with Gasteiger partial charge in [-0.3, -0.25) is 0 Å².